The Kier molecular flexibility index (Phi) is 5.73. The van der Waals surface area contributed by atoms with Gasteiger partial charge in [0.1, 0.15) is 0 Å². The maximum Gasteiger partial charge on any atom is 0.230 e. The molecule has 2 aromatic rings. The number of tetrazole rings is 1. The number of carbonyl (C=O) groups is 1. The molecular formula is C18H25N5OS. The number of amides is 1. The molecule has 0 bridgehead atoms. The highest BCUT2D eigenvalue weighted by Crippen LogP contribution is 2.29. The van der Waals surface area contributed by atoms with E-state index in [4.69, 9.17) is 0 Å². The second-order valence-electron chi connectivity index (χ2n) is 6.94. The number of aryl methyl sites for hydroxylation is 1. The lowest BCUT2D eigenvalue weighted by Crippen LogP contribution is -2.44. The first-order valence-electron chi connectivity index (χ1n) is 8.82. The third-order valence-electron chi connectivity index (χ3n) is 5.07. The first-order chi connectivity index (χ1) is 12.0. The van der Waals surface area contributed by atoms with Gasteiger partial charge >= 0.3 is 0 Å². The highest BCUT2D eigenvalue weighted by Gasteiger charge is 2.28. The summed E-state index contributed by atoms with van der Waals surface area (Å²) in [7, 11) is 0. The number of aromatic nitrogens is 4. The quantitative estimate of drug-likeness (QED) is 0.831. The van der Waals surface area contributed by atoms with Crippen molar-refractivity contribution in [3.05, 3.63) is 29.8 Å². The number of hydrogen-bond acceptors (Lipinski definition) is 5. The standard InChI is InChI=1S/C18H25N5OS/c1-12-6-4-8-15(10-12)23-18(20-21-22-23)25-11-17(24)19-16-9-5-7-13(2)14(16)3/h4,6,8,10,13-14,16H,5,7,9,11H2,1-3H3,(H,19,24). The Morgan fingerprint density at radius 1 is 1.36 bits per heavy atom. The average Bonchev–Trinajstić information content (AvgIpc) is 3.06. The highest BCUT2D eigenvalue weighted by molar-refractivity contribution is 7.99. The highest BCUT2D eigenvalue weighted by atomic mass is 32.2. The van der Waals surface area contributed by atoms with Gasteiger partial charge in [0.05, 0.1) is 11.4 Å². The van der Waals surface area contributed by atoms with E-state index in [1.54, 1.807) is 4.68 Å². The van der Waals surface area contributed by atoms with Crippen molar-refractivity contribution in [1.29, 1.82) is 0 Å². The Bertz CT molecular complexity index is 732. The van der Waals surface area contributed by atoms with Gasteiger partial charge in [0.15, 0.2) is 0 Å². The first kappa shape index (κ1) is 17.9. The lowest BCUT2D eigenvalue weighted by molar-refractivity contribution is -0.120. The lowest BCUT2D eigenvalue weighted by atomic mass is 9.78. The molecule has 6 nitrogen and oxygen atoms in total. The minimum atomic E-state index is 0.0507. The predicted molar refractivity (Wildman–Crippen MR) is 98.7 cm³/mol. The molecule has 1 aliphatic carbocycles. The van der Waals surface area contributed by atoms with Crippen molar-refractivity contribution in [1.82, 2.24) is 25.5 Å². The zero-order valence-corrected chi connectivity index (χ0v) is 15.8. The van der Waals surface area contributed by atoms with Crippen molar-refractivity contribution < 1.29 is 4.79 Å². The Balaban J connectivity index is 1.59. The molecular weight excluding hydrogens is 334 g/mol. The van der Waals surface area contributed by atoms with E-state index in [0.717, 1.165) is 17.7 Å². The molecule has 0 aliphatic heterocycles. The number of nitrogens with one attached hydrogen (secondary N) is 1. The van der Waals surface area contributed by atoms with Crippen LogP contribution in [0.5, 0.6) is 0 Å². The van der Waals surface area contributed by atoms with Crippen molar-refractivity contribution in [3.8, 4) is 5.69 Å². The maximum atomic E-state index is 12.4. The van der Waals surface area contributed by atoms with Crippen LogP contribution in [0.15, 0.2) is 29.4 Å². The molecule has 3 unspecified atom stereocenters. The van der Waals surface area contributed by atoms with Crippen molar-refractivity contribution in [2.75, 3.05) is 5.75 Å². The van der Waals surface area contributed by atoms with Crippen LogP contribution in [0.25, 0.3) is 5.69 Å². The third kappa shape index (κ3) is 4.39. The van der Waals surface area contributed by atoms with E-state index in [2.05, 4.69) is 34.7 Å². The van der Waals surface area contributed by atoms with Gasteiger partial charge in [-0.15, -0.1) is 5.10 Å². The van der Waals surface area contributed by atoms with E-state index in [9.17, 15) is 4.79 Å². The largest absolute Gasteiger partial charge is 0.352 e. The maximum absolute atomic E-state index is 12.4. The van der Waals surface area contributed by atoms with Gasteiger partial charge in [0, 0.05) is 6.04 Å². The average molecular weight is 359 g/mol. The van der Waals surface area contributed by atoms with Crippen molar-refractivity contribution in [2.45, 2.75) is 51.2 Å². The van der Waals surface area contributed by atoms with Crippen LogP contribution in [0, 0.1) is 18.8 Å². The summed E-state index contributed by atoms with van der Waals surface area (Å²) >= 11 is 1.37. The number of thioether (sulfide) groups is 1. The van der Waals surface area contributed by atoms with E-state index in [-0.39, 0.29) is 11.9 Å². The van der Waals surface area contributed by atoms with Gasteiger partial charge in [-0.2, -0.15) is 4.68 Å². The Hall–Kier alpha value is -1.89. The Morgan fingerprint density at radius 2 is 2.20 bits per heavy atom. The lowest BCUT2D eigenvalue weighted by Gasteiger charge is -2.34. The summed E-state index contributed by atoms with van der Waals surface area (Å²) in [4.78, 5) is 12.4. The van der Waals surface area contributed by atoms with Crippen LogP contribution in [-0.2, 0) is 4.79 Å². The van der Waals surface area contributed by atoms with E-state index < -0.39 is 0 Å². The van der Waals surface area contributed by atoms with Crippen molar-refractivity contribution >= 4 is 17.7 Å². The van der Waals surface area contributed by atoms with Crippen molar-refractivity contribution in [3.63, 3.8) is 0 Å². The van der Waals surface area contributed by atoms with Gasteiger partial charge in [-0.3, -0.25) is 4.79 Å². The Morgan fingerprint density at radius 3 is 3.00 bits per heavy atom. The Labute approximate surface area is 152 Å². The fourth-order valence-corrected chi connectivity index (χ4v) is 4.06. The minimum Gasteiger partial charge on any atom is -0.352 e. The van der Waals surface area contributed by atoms with E-state index >= 15 is 0 Å². The second-order valence-corrected chi connectivity index (χ2v) is 7.88. The third-order valence-corrected chi connectivity index (χ3v) is 5.99. The molecule has 1 aromatic heterocycles. The molecule has 1 heterocycles. The molecule has 1 amide bonds. The smallest absolute Gasteiger partial charge is 0.230 e. The number of rotatable bonds is 5. The summed E-state index contributed by atoms with van der Waals surface area (Å²) < 4.78 is 1.68. The number of benzene rings is 1. The molecule has 1 N–H and O–H groups in total. The van der Waals surface area contributed by atoms with Gasteiger partial charge in [-0.05, 0) is 53.3 Å². The molecule has 1 fully saturated rings. The SMILES string of the molecule is Cc1cccc(-n2nnnc2SCC(=O)NC2CCCC(C)C2C)c1. The normalized spacial score (nSPS) is 23.4. The molecule has 1 aromatic carbocycles. The molecule has 3 atom stereocenters. The first-order valence-corrected chi connectivity index (χ1v) is 9.80. The zero-order chi connectivity index (χ0) is 17.8. The fourth-order valence-electron chi connectivity index (χ4n) is 3.35. The van der Waals surface area contributed by atoms with Crippen LogP contribution in [-0.4, -0.2) is 37.9 Å². The van der Waals surface area contributed by atoms with Gasteiger partial charge < -0.3 is 5.32 Å². The summed E-state index contributed by atoms with van der Waals surface area (Å²) in [5, 5.41) is 15.7. The number of nitrogens with zero attached hydrogens (tertiary/aromatic N) is 4. The molecule has 134 valence electrons. The van der Waals surface area contributed by atoms with Crippen molar-refractivity contribution in [2.24, 2.45) is 11.8 Å². The van der Waals surface area contributed by atoms with Crippen LogP contribution in [0.1, 0.15) is 38.7 Å². The van der Waals surface area contributed by atoms with Crippen LogP contribution in [0.4, 0.5) is 0 Å². The summed E-state index contributed by atoms with van der Waals surface area (Å²) in [6.45, 7) is 6.54. The predicted octanol–water partition coefficient (Wildman–Crippen LogP) is 3.00. The molecule has 1 saturated carbocycles. The van der Waals surface area contributed by atoms with Gasteiger partial charge in [0.25, 0.3) is 0 Å². The molecule has 0 spiro atoms. The molecule has 7 heteroatoms. The molecule has 1 aliphatic rings. The number of carbonyl (C=O) groups excluding carboxylic acids is 1. The fraction of sp³-hybridized carbons (Fsp3) is 0.556. The number of hydrogen-bond donors (Lipinski definition) is 1. The molecule has 25 heavy (non-hydrogen) atoms. The summed E-state index contributed by atoms with van der Waals surface area (Å²) in [6, 6.07) is 8.26. The zero-order valence-electron chi connectivity index (χ0n) is 15.0. The van der Waals surface area contributed by atoms with Gasteiger partial charge in [0.2, 0.25) is 11.1 Å². The van der Waals surface area contributed by atoms with Crippen LogP contribution >= 0.6 is 11.8 Å². The van der Waals surface area contributed by atoms with E-state index in [0.29, 0.717) is 22.7 Å². The summed E-state index contributed by atoms with van der Waals surface area (Å²) in [6.07, 6.45) is 3.52. The topological polar surface area (TPSA) is 72.7 Å². The van der Waals surface area contributed by atoms with E-state index in [1.165, 1.54) is 24.6 Å². The second kappa shape index (κ2) is 7.99. The van der Waals surface area contributed by atoms with Gasteiger partial charge in [-0.25, -0.2) is 0 Å². The van der Waals surface area contributed by atoms with E-state index in [1.807, 2.05) is 31.2 Å². The minimum absolute atomic E-state index is 0.0507. The monoisotopic (exact) mass is 359 g/mol. The molecule has 0 radical (unpaired) electrons. The van der Waals surface area contributed by atoms with Crippen LogP contribution in [0.2, 0.25) is 0 Å². The summed E-state index contributed by atoms with van der Waals surface area (Å²) in [5.74, 6) is 1.57. The van der Waals surface area contributed by atoms with Crippen LogP contribution in [0.3, 0.4) is 0 Å². The summed E-state index contributed by atoms with van der Waals surface area (Å²) in [5.41, 5.74) is 2.05. The van der Waals surface area contributed by atoms with Gasteiger partial charge in [-0.1, -0.05) is 50.6 Å². The molecule has 0 saturated heterocycles. The van der Waals surface area contributed by atoms with Crippen LogP contribution < -0.4 is 5.32 Å². The molecule has 3 rings (SSSR count).